The number of carbonyl (C=O) groups excluding carboxylic acids is 2. The lowest BCUT2D eigenvalue weighted by molar-refractivity contribution is -0.121. The van der Waals surface area contributed by atoms with E-state index in [1.165, 1.54) is 0 Å². The van der Waals surface area contributed by atoms with Crippen LogP contribution in [-0.2, 0) is 9.53 Å². The molecule has 1 heterocycles. The standard InChI is InChI=1S/C20H22N2O3/c1-15-14-22(20(24)16-8-4-3-5-9-16)18-11-7-6-10-17(18)21(19(15)23)12-13-25-2/h3-11,15H,12-14H2,1-2H3. The van der Waals surface area contributed by atoms with Crippen molar-refractivity contribution in [1.82, 2.24) is 0 Å². The Hall–Kier alpha value is -2.66. The first-order chi connectivity index (χ1) is 12.1. The molecule has 0 saturated carbocycles. The fraction of sp³-hybridized carbons (Fsp3) is 0.300. The highest BCUT2D eigenvalue weighted by Crippen LogP contribution is 2.34. The van der Waals surface area contributed by atoms with Crippen LogP contribution >= 0.6 is 0 Å². The van der Waals surface area contributed by atoms with E-state index >= 15 is 0 Å². The van der Waals surface area contributed by atoms with Gasteiger partial charge in [0, 0.05) is 25.8 Å². The van der Waals surface area contributed by atoms with Crippen molar-refractivity contribution in [3.63, 3.8) is 0 Å². The zero-order chi connectivity index (χ0) is 17.8. The van der Waals surface area contributed by atoms with Crippen molar-refractivity contribution in [3.8, 4) is 0 Å². The van der Waals surface area contributed by atoms with E-state index in [1.807, 2.05) is 49.4 Å². The number of methoxy groups -OCH3 is 1. The van der Waals surface area contributed by atoms with E-state index in [0.717, 1.165) is 11.4 Å². The van der Waals surface area contributed by atoms with Crippen LogP contribution < -0.4 is 9.80 Å². The van der Waals surface area contributed by atoms with Crippen LogP contribution in [0.25, 0.3) is 0 Å². The van der Waals surface area contributed by atoms with E-state index in [0.29, 0.717) is 25.3 Å². The molecule has 0 saturated heterocycles. The molecular formula is C20H22N2O3. The minimum Gasteiger partial charge on any atom is -0.383 e. The average Bonchev–Trinajstić information content (AvgIpc) is 2.76. The zero-order valence-electron chi connectivity index (χ0n) is 14.5. The smallest absolute Gasteiger partial charge is 0.258 e. The molecule has 0 N–H and O–H groups in total. The van der Waals surface area contributed by atoms with Gasteiger partial charge in [0.1, 0.15) is 0 Å². The second-order valence-electron chi connectivity index (χ2n) is 6.15. The Morgan fingerprint density at radius 1 is 1.08 bits per heavy atom. The van der Waals surface area contributed by atoms with Gasteiger partial charge in [-0.1, -0.05) is 37.3 Å². The van der Waals surface area contributed by atoms with Crippen molar-refractivity contribution < 1.29 is 14.3 Å². The van der Waals surface area contributed by atoms with Gasteiger partial charge in [0.2, 0.25) is 5.91 Å². The number of nitrogens with zero attached hydrogens (tertiary/aromatic N) is 2. The summed E-state index contributed by atoms with van der Waals surface area (Å²) in [7, 11) is 1.61. The van der Waals surface area contributed by atoms with Gasteiger partial charge in [0.25, 0.3) is 5.91 Å². The van der Waals surface area contributed by atoms with Crippen molar-refractivity contribution in [2.24, 2.45) is 5.92 Å². The topological polar surface area (TPSA) is 49.9 Å². The summed E-state index contributed by atoms with van der Waals surface area (Å²) in [5.74, 6) is -0.383. The number of anilines is 2. The van der Waals surface area contributed by atoms with Crippen molar-refractivity contribution in [2.45, 2.75) is 6.92 Å². The summed E-state index contributed by atoms with van der Waals surface area (Å²) in [6, 6.07) is 16.7. The average molecular weight is 338 g/mol. The van der Waals surface area contributed by atoms with Gasteiger partial charge in [-0.15, -0.1) is 0 Å². The van der Waals surface area contributed by atoms with Gasteiger partial charge in [-0.05, 0) is 24.3 Å². The molecular weight excluding hydrogens is 316 g/mol. The van der Waals surface area contributed by atoms with E-state index in [4.69, 9.17) is 4.74 Å². The Balaban J connectivity index is 2.04. The lowest BCUT2D eigenvalue weighted by Gasteiger charge is -2.25. The van der Waals surface area contributed by atoms with Crippen LogP contribution in [0.2, 0.25) is 0 Å². The Labute approximate surface area is 147 Å². The Bertz CT molecular complexity index is 761. The summed E-state index contributed by atoms with van der Waals surface area (Å²) in [6.45, 7) is 3.12. The fourth-order valence-corrected chi connectivity index (χ4v) is 3.10. The van der Waals surface area contributed by atoms with E-state index in [-0.39, 0.29) is 17.7 Å². The minimum atomic E-state index is -0.295. The molecule has 0 bridgehead atoms. The number of amides is 2. The van der Waals surface area contributed by atoms with Gasteiger partial charge < -0.3 is 14.5 Å². The maximum atomic E-state index is 13.1. The van der Waals surface area contributed by atoms with E-state index in [2.05, 4.69) is 0 Å². The molecule has 2 amide bonds. The molecule has 5 nitrogen and oxygen atoms in total. The molecule has 130 valence electrons. The molecule has 0 spiro atoms. The van der Waals surface area contributed by atoms with Crippen LogP contribution in [-0.4, -0.2) is 38.6 Å². The SMILES string of the molecule is COCCN1C(=O)C(C)CN(C(=O)c2ccccc2)c2ccccc21. The second kappa shape index (κ2) is 7.49. The fourth-order valence-electron chi connectivity index (χ4n) is 3.10. The molecule has 3 rings (SSSR count). The molecule has 5 heteroatoms. The molecule has 1 aliphatic rings. The summed E-state index contributed by atoms with van der Waals surface area (Å²) in [5.41, 5.74) is 2.12. The predicted octanol–water partition coefficient (Wildman–Crippen LogP) is 2.96. The number of fused-ring (bicyclic) bond motifs is 1. The predicted molar refractivity (Wildman–Crippen MR) is 98.0 cm³/mol. The first kappa shape index (κ1) is 17.2. The van der Waals surface area contributed by atoms with Crippen LogP contribution in [0, 0.1) is 5.92 Å². The van der Waals surface area contributed by atoms with Gasteiger partial charge in [-0.25, -0.2) is 0 Å². The Morgan fingerprint density at radius 3 is 2.40 bits per heavy atom. The van der Waals surface area contributed by atoms with Gasteiger partial charge in [-0.2, -0.15) is 0 Å². The third kappa shape index (κ3) is 3.42. The molecule has 1 atom stereocenters. The van der Waals surface area contributed by atoms with Crippen LogP contribution in [0.3, 0.4) is 0 Å². The Morgan fingerprint density at radius 2 is 1.72 bits per heavy atom. The summed E-state index contributed by atoms with van der Waals surface area (Å²) in [6.07, 6.45) is 0. The highest BCUT2D eigenvalue weighted by molar-refractivity contribution is 6.11. The molecule has 0 radical (unpaired) electrons. The number of rotatable bonds is 4. The molecule has 2 aromatic rings. The van der Waals surface area contributed by atoms with E-state index in [9.17, 15) is 9.59 Å². The van der Waals surface area contributed by atoms with E-state index < -0.39 is 0 Å². The molecule has 2 aromatic carbocycles. The van der Waals surface area contributed by atoms with Gasteiger partial charge in [-0.3, -0.25) is 9.59 Å². The summed E-state index contributed by atoms with van der Waals surface area (Å²) in [4.78, 5) is 29.3. The zero-order valence-corrected chi connectivity index (χ0v) is 14.5. The van der Waals surface area contributed by atoms with Crippen LogP contribution in [0.1, 0.15) is 17.3 Å². The lowest BCUT2D eigenvalue weighted by Crippen LogP contribution is -2.39. The highest BCUT2D eigenvalue weighted by Gasteiger charge is 2.33. The largest absolute Gasteiger partial charge is 0.383 e. The minimum absolute atomic E-state index is 0.00728. The van der Waals surface area contributed by atoms with Crippen LogP contribution in [0.5, 0.6) is 0 Å². The first-order valence-corrected chi connectivity index (χ1v) is 8.39. The van der Waals surface area contributed by atoms with Gasteiger partial charge in [0.15, 0.2) is 0 Å². The summed E-state index contributed by atoms with van der Waals surface area (Å²) in [5, 5.41) is 0. The number of carbonyl (C=O) groups is 2. The van der Waals surface area contributed by atoms with Gasteiger partial charge >= 0.3 is 0 Å². The normalized spacial score (nSPS) is 17.2. The number of para-hydroxylation sites is 2. The summed E-state index contributed by atoms with van der Waals surface area (Å²) < 4.78 is 5.15. The monoisotopic (exact) mass is 338 g/mol. The quantitative estimate of drug-likeness (QED) is 0.861. The van der Waals surface area contributed by atoms with Crippen molar-refractivity contribution >= 4 is 23.2 Å². The first-order valence-electron chi connectivity index (χ1n) is 8.39. The van der Waals surface area contributed by atoms with Crippen LogP contribution in [0.15, 0.2) is 54.6 Å². The Kier molecular flexibility index (Phi) is 5.14. The summed E-state index contributed by atoms with van der Waals surface area (Å²) >= 11 is 0. The number of ether oxygens (including phenoxy) is 1. The number of hydrogen-bond acceptors (Lipinski definition) is 3. The second-order valence-corrected chi connectivity index (χ2v) is 6.15. The highest BCUT2D eigenvalue weighted by atomic mass is 16.5. The molecule has 0 fully saturated rings. The maximum Gasteiger partial charge on any atom is 0.258 e. The van der Waals surface area contributed by atoms with Crippen molar-refractivity contribution in [2.75, 3.05) is 36.6 Å². The van der Waals surface area contributed by atoms with Crippen LogP contribution in [0.4, 0.5) is 11.4 Å². The molecule has 0 aromatic heterocycles. The number of hydrogen-bond donors (Lipinski definition) is 0. The van der Waals surface area contributed by atoms with E-state index in [1.54, 1.807) is 29.0 Å². The molecule has 25 heavy (non-hydrogen) atoms. The number of benzene rings is 2. The maximum absolute atomic E-state index is 13.1. The molecule has 0 aliphatic carbocycles. The van der Waals surface area contributed by atoms with Gasteiger partial charge in [0.05, 0.1) is 23.9 Å². The lowest BCUT2D eigenvalue weighted by atomic mass is 10.1. The third-order valence-electron chi connectivity index (χ3n) is 4.39. The molecule has 1 unspecified atom stereocenters. The van der Waals surface area contributed by atoms with Crippen molar-refractivity contribution in [1.29, 1.82) is 0 Å². The van der Waals surface area contributed by atoms with Crippen molar-refractivity contribution in [3.05, 3.63) is 60.2 Å². The molecule has 1 aliphatic heterocycles. The third-order valence-corrected chi connectivity index (χ3v) is 4.39.